The molecular formula is C12H27NOS. The molecule has 2 unspecified atom stereocenters. The Morgan fingerprint density at radius 2 is 1.67 bits per heavy atom. The van der Waals surface area contributed by atoms with Crippen LogP contribution in [0.25, 0.3) is 0 Å². The summed E-state index contributed by atoms with van der Waals surface area (Å²) in [7, 11) is -0.628. The first-order valence-corrected chi connectivity index (χ1v) is 7.76. The lowest BCUT2D eigenvalue weighted by Gasteiger charge is -2.05. The summed E-state index contributed by atoms with van der Waals surface area (Å²) in [6, 6.07) is 0.193. The molecule has 0 aromatic carbocycles. The second kappa shape index (κ2) is 10.6. The van der Waals surface area contributed by atoms with E-state index in [1.165, 1.54) is 32.1 Å². The lowest BCUT2D eigenvalue weighted by molar-refractivity contribution is 0.620. The summed E-state index contributed by atoms with van der Waals surface area (Å²) in [6.07, 6.45) is 8.52. The molecule has 15 heavy (non-hydrogen) atoms. The van der Waals surface area contributed by atoms with Crippen LogP contribution in [0.5, 0.6) is 0 Å². The van der Waals surface area contributed by atoms with E-state index in [9.17, 15) is 4.21 Å². The van der Waals surface area contributed by atoms with Gasteiger partial charge in [0.05, 0.1) is 0 Å². The van der Waals surface area contributed by atoms with Gasteiger partial charge in [-0.25, -0.2) is 0 Å². The van der Waals surface area contributed by atoms with Gasteiger partial charge >= 0.3 is 0 Å². The second-order valence-corrected chi connectivity index (χ2v) is 6.08. The first-order valence-electron chi connectivity index (χ1n) is 6.27. The third-order valence-electron chi connectivity index (χ3n) is 2.53. The molecule has 2 atom stereocenters. The summed E-state index contributed by atoms with van der Waals surface area (Å²) in [5.74, 6) is 1.66. The molecule has 0 saturated carbocycles. The van der Waals surface area contributed by atoms with Crippen LogP contribution in [0.1, 0.15) is 58.8 Å². The number of hydrogen-bond acceptors (Lipinski definition) is 2. The Morgan fingerprint density at radius 1 is 1.07 bits per heavy atom. The van der Waals surface area contributed by atoms with Crippen molar-refractivity contribution in [3.63, 3.8) is 0 Å². The average Bonchev–Trinajstić information content (AvgIpc) is 2.20. The highest BCUT2D eigenvalue weighted by atomic mass is 32.2. The van der Waals surface area contributed by atoms with Crippen molar-refractivity contribution in [3.8, 4) is 0 Å². The minimum absolute atomic E-state index is 0.193. The molecule has 0 aliphatic rings. The van der Waals surface area contributed by atoms with Gasteiger partial charge in [0.1, 0.15) is 0 Å². The summed E-state index contributed by atoms with van der Waals surface area (Å²) >= 11 is 0. The molecule has 3 heteroatoms. The third kappa shape index (κ3) is 12.0. The first-order chi connectivity index (χ1) is 7.16. The van der Waals surface area contributed by atoms with Crippen LogP contribution < -0.4 is 5.73 Å². The van der Waals surface area contributed by atoms with Crippen LogP contribution in [0.2, 0.25) is 0 Å². The fourth-order valence-electron chi connectivity index (χ4n) is 1.46. The minimum atomic E-state index is -0.628. The predicted octanol–water partition coefficient (Wildman–Crippen LogP) is 2.83. The van der Waals surface area contributed by atoms with Crippen molar-refractivity contribution >= 4 is 10.8 Å². The summed E-state index contributed by atoms with van der Waals surface area (Å²) < 4.78 is 11.5. The number of rotatable bonds is 10. The monoisotopic (exact) mass is 233 g/mol. The van der Waals surface area contributed by atoms with E-state index in [0.717, 1.165) is 24.3 Å². The smallest absolute Gasteiger partial charge is 0.0249 e. The highest BCUT2D eigenvalue weighted by molar-refractivity contribution is 7.84. The van der Waals surface area contributed by atoms with E-state index in [4.69, 9.17) is 5.73 Å². The topological polar surface area (TPSA) is 43.1 Å². The summed E-state index contributed by atoms with van der Waals surface area (Å²) in [6.45, 7) is 4.20. The molecule has 0 fully saturated rings. The van der Waals surface area contributed by atoms with Crippen LogP contribution in [0, 0.1) is 0 Å². The van der Waals surface area contributed by atoms with E-state index in [1.807, 2.05) is 6.92 Å². The number of nitrogens with two attached hydrogens (primary N) is 1. The largest absolute Gasteiger partial charge is 0.328 e. The van der Waals surface area contributed by atoms with Gasteiger partial charge in [-0.15, -0.1) is 0 Å². The zero-order valence-corrected chi connectivity index (χ0v) is 11.2. The van der Waals surface area contributed by atoms with Gasteiger partial charge < -0.3 is 5.73 Å². The summed E-state index contributed by atoms with van der Waals surface area (Å²) in [5, 5.41) is 0. The van der Waals surface area contributed by atoms with Gasteiger partial charge in [0.2, 0.25) is 0 Å². The molecule has 0 aromatic rings. The van der Waals surface area contributed by atoms with Crippen LogP contribution in [0.4, 0.5) is 0 Å². The standard InChI is InChI=1S/C12H27NOS/c1-3-4-5-6-7-8-10-15(14)11-9-12(2)13/h12H,3-11,13H2,1-2H3. The van der Waals surface area contributed by atoms with E-state index < -0.39 is 10.8 Å². The van der Waals surface area contributed by atoms with Gasteiger partial charge in [-0.1, -0.05) is 39.0 Å². The van der Waals surface area contributed by atoms with Gasteiger partial charge in [0.15, 0.2) is 0 Å². The molecular weight excluding hydrogens is 206 g/mol. The van der Waals surface area contributed by atoms with Gasteiger partial charge in [-0.05, 0) is 19.8 Å². The molecule has 0 heterocycles. The zero-order valence-electron chi connectivity index (χ0n) is 10.3. The molecule has 0 aliphatic heterocycles. The van der Waals surface area contributed by atoms with E-state index in [1.54, 1.807) is 0 Å². The maximum absolute atomic E-state index is 11.5. The van der Waals surface area contributed by atoms with Crippen LogP contribution >= 0.6 is 0 Å². The highest BCUT2D eigenvalue weighted by Gasteiger charge is 2.01. The molecule has 0 radical (unpaired) electrons. The average molecular weight is 233 g/mol. The molecule has 0 aromatic heterocycles. The van der Waals surface area contributed by atoms with E-state index >= 15 is 0 Å². The van der Waals surface area contributed by atoms with Crippen LogP contribution in [-0.4, -0.2) is 21.8 Å². The molecule has 0 bridgehead atoms. The van der Waals surface area contributed by atoms with Gasteiger partial charge in [0.25, 0.3) is 0 Å². The molecule has 0 aliphatic carbocycles. The Bertz CT molecular complexity index is 160. The fraction of sp³-hybridized carbons (Fsp3) is 1.00. The first kappa shape index (κ1) is 15.1. The Morgan fingerprint density at radius 3 is 2.27 bits per heavy atom. The van der Waals surface area contributed by atoms with Crippen molar-refractivity contribution in [2.24, 2.45) is 5.73 Å². The van der Waals surface area contributed by atoms with Crippen molar-refractivity contribution in [2.45, 2.75) is 64.8 Å². The Labute approximate surface area is 97.5 Å². The number of unbranched alkanes of at least 4 members (excludes halogenated alkanes) is 5. The van der Waals surface area contributed by atoms with E-state index in [-0.39, 0.29) is 6.04 Å². The predicted molar refractivity (Wildman–Crippen MR) is 69.5 cm³/mol. The molecule has 2 N–H and O–H groups in total. The SMILES string of the molecule is CCCCCCCCS(=O)CCC(C)N. The summed E-state index contributed by atoms with van der Waals surface area (Å²) in [4.78, 5) is 0. The molecule has 0 spiro atoms. The van der Waals surface area contributed by atoms with Crippen LogP contribution in [-0.2, 0) is 10.8 Å². The highest BCUT2D eigenvalue weighted by Crippen LogP contribution is 2.06. The van der Waals surface area contributed by atoms with E-state index in [0.29, 0.717) is 0 Å². The molecule has 92 valence electrons. The Hall–Kier alpha value is 0.110. The lowest BCUT2D eigenvalue weighted by atomic mass is 10.1. The Kier molecular flexibility index (Phi) is 10.7. The normalized spacial score (nSPS) is 15.1. The molecule has 2 nitrogen and oxygen atoms in total. The third-order valence-corrected chi connectivity index (χ3v) is 3.96. The maximum Gasteiger partial charge on any atom is 0.0249 e. The molecule has 0 saturated heterocycles. The van der Waals surface area contributed by atoms with Crippen LogP contribution in [0.3, 0.4) is 0 Å². The maximum atomic E-state index is 11.5. The Balaban J connectivity index is 3.17. The van der Waals surface area contributed by atoms with Gasteiger partial charge in [-0.2, -0.15) is 0 Å². The van der Waals surface area contributed by atoms with Gasteiger partial charge in [-0.3, -0.25) is 4.21 Å². The fourth-order valence-corrected chi connectivity index (χ4v) is 2.83. The quantitative estimate of drug-likeness (QED) is 0.590. The zero-order chi connectivity index (χ0) is 11.5. The van der Waals surface area contributed by atoms with Crippen molar-refractivity contribution in [2.75, 3.05) is 11.5 Å². The summed E-state index contributed by atoms with van der Waals surface area (Å²) in [5.41, 5.74) is 5.62. The second-order valence-electron chi connectivity index (χ2n) is 4.38. The van der Waals surface area contributed by atoms with Gasteiger partial charge in [0, 0.05) is 28.3 Å². The van der Waals surface area contributed by atoms with E-state index in [2.05, 4.69) is 6.92 Å². The van der Waals surface area contributed by atoms with Crippen LogP contribution in [0.15, 0.2) is 0 Å². The van der Waals surface area contributed by atoms with Crippen molar-refractivity contribution in [3.05, 3.63) is 0 Å². The van der Waals surface area contributed by atoms with Crippen molar-refractivity contribution < 1.29 is 4.21 Å². The lowest BCUT2D eigenvalue weighted by Crippen LogP contribution is -2.18. The minimum Gasteiger partial charge on any atom is -0.328 e. The van der Waals surface area contributed by atoms with Crippen molar-refractivity contribution in [1.29, 1.82) is 0 Å². The molecule has 0 amide bonds. The van der Waals surface area contributed by atoms with Crippen molar-refractivity contribution in [1.82, 2.24) is 0 Å². The number of hydrogen-bond donors (Lipinski definition) is 1. The molecule has 0 rings (SSSR count).